The topological polar surface area (TPSA) is 39.2 Å². The summed E-state index contributed by atoms with van der Waals surface area (Å²) in [7, 11) is 0. The summed E-state index contributed by atoms with van der Waals surface area (Å²) in [4.78, 5) is 15.2. The third-order valence-electron chi connectivity index (χ3n) is 1.81. The summed E-state index contributed by atoms with van der Waals surface area (Å²) in [6.45, 7) is 0. The van der Waals surface area contributed by atoms with Gasteiger partial charge in [-0.15, -0.1) is 0 Å². The van der Waals surface area contributed by atoms with Gasteiger partial charge in [0, 0.05) is 6.07 Å². The summed E-state index contributed by atoms with van der Waals surface area (Å²) in [6.07, 6.45) is 1.90. The van der Waals surface area contributed by atoms with Gasteiger partial charge in [0.25, 0.3) is 0 Å². The van der Waals surface area contributed by atoms with Crippen LogP contribution in [0.3, 0.4) is 0 Å². The van der Waals surface area contributed by atoms with E-state index in [0.29, 0.717) is 10.5 Å². The van der Waals surface area contributed by atoms with E-state index in [0.717, 1.165) is 12.8 Å². The first-order valence-corrected chi connectivity index (χ1v) is 4.89. The van der Waals surface area contributed by atoms with E-state index in [1.165, 1.54) is 0 Å². The molecular formula is C9H8BrNO2. The molecule has 1 heterocycles. The van der Waals surface area contributed by atoms with Gasteiger partial charge in [-0.25, -0.2) is 4.98 Å². The number of halogens is 1. The molecule has 68 valence electrons. The highest BCUT2D eigenvalue weighted by Gasteiger charge is 2.31. The SMILES string of the molecule is O=C(Oc1cccc(Br)n1)C1CC1. The second-order valence-electron chi connectivity index (χ2n) is 2.99. The molecule has 1 fully saturated rings. The van der Waals surface area contributed by atoms with Gasteiger partial charge < -0.3 is 4.74 Å². The Labute approximate surface area is 84.2 Å². The van der Waals surface area contributed by atoms with Crippen molar-refractivity contribution in [3.05, 3.63) is 22.8 Å². The normalized spacial score (nSPS) is 15.5. The summed E-state index contributed by atoms with van der Waals surface area (Å²) in [5, 5.41) is 0. The minimum Gasteiger partial charge on any atom is -0.407 e. The molecule has 0 amide bonds. The summed E-state index contributed by atoms with van der Waals surface area (Å²) in [5.74, 6) is 0.317. The Morgan fingerprint density at radius 3 is 2.92 bits per heavy atom. The van der Waals surface area contributed by atoms with Crippen LogP contribution >= 0.6 is 15.9 Å². The fraction of sp³-hybridized carbons (Fsp3) is 0.333. The Bertz CT molecular complexity index is 336. The van der Waals surface area contributed by atoms with E-state index in [1.807, 2.05) is 0 Å². The maximum atomic E-state index is 11.2. The van der Waals surface area contributed by atoms with Crippen LogP contribution in [0.4, 0.5) is 0 Å². The maximum Gasteiger partial charge on any atom is 0.315 e. The predicted octanol–water partition coefficient (Wildman–Crippen LogP) is 2.16. The van der Waals surface area contributed by atoms with Crippen molar-refractivity contribution >= 4 is 21.9 Å². The van der Waals surface area contributed by atoms with Gasteiger partial charge in [0.15, 0.2) is 0 Å². The molecule has 0 bridgehead atoms. The van der Waals surface area contributed by atoms with Crippen molar-refractivity contribution in [3.63, 3.8) is 0 Å². The van der Waals surface area contributed by atoms with Crippen LogP contribution in [0, 0.1) is 5.92 Å². The van der Waals surface area contributed by atoms with Gasteiger partial charge in [-0.05, 0) is 34.8 Å². The molecular weight excluding hydrogens is 234 g/mol. The number of esters is 1. The molecule has 1 aromatic heterocycles. The van der Waals surface area contributed by atoms with E-state index >= 15 is 0 Å². The van der Waals surface area contributed by atoms with Crippen LogP contribution in [0.5, 0.6) is 5.88 Å². The highest BCUT2D eigenvalue weighted by atomic mass is 79.9. The van der Waals surface area contributed by atoms with Crippen LogP contribution in [-0.4, -0.2) is 11.0 Å². The number of aromatic nitrogens is 1. The molecule has 4 heteroatoms. The minimum atomic E-state index is -0.161. The predicted molar refractivity (Wildman–Crippen MR) is 50.3 cm³/mol. The van der Waals surface area contributed by atoms with E-state index < -0.39 is 0 Å². The number of rotatable bonds is 2. The average Bonchev–Trinajstić information content (AvgIpc) is 2.85. The number of pyridine rings is 1. The molecule has 1 aromatic rings. The third-order valence-corrected chi connectivity index (χ3v) is 2.25. The molecule has 0 atom stereocenters. The van der Waals surface area contributed by atoms with Gasteiger partial charge in [-0.2, -0.15) is 0 Å². The van der Waals surface area contributed by atoms with Gasteiger partial charge in [-0.1, -0.05) is 6.07 Å². The molecule has 13 heavy (non-hydrogen) atoms. The Kier molecular flexibility index (Phi) is 2.31. The molecule has 0 saturated heterocycles. The zero-order valence-corrected chi connectivity index (χ0v) is 8.45. The molecule has 2 rings (SSSR count). The molecule has 0 aromatic carbocycles. The lowest BCUT2D eigenvalue weighted by atomic mass is 10.4. The second-order valence-corrected chi connectivity index (χ2v) is 3.81. The van der Waals surface area contributed by atoms with E-state index in [9.17, 15) is 4.79 Å². The highest BCUT2D eigenvalue weighted by Crippen LogP contribution is 2.30. The Morgan fingerprint density at radius 2 is 2.31 bits per heavy atom. The van der Waals surface area contributed by atoms with E-state index in [1.54, 1.807) is 18.2 Å². The van der Waals surface area contributed by atoms with Crippen LogP contribution < -0.4 is 4.74 Å². The van der Waals surface area contributed by atoms with E-state index in [-0.39, 0.29) is 11.9 Å². The van der Waals surface area contributed by atoms with Crippen molar-refractivity contribution < 1.29 is 9.53 Å². The molecule has 0 spiro atoms. The third kappa shape index (κ3) is 2.28. The molecule has 3 nitrogen and oxygen atoms in total. The lowest BCUT2D eigenvalue weighted by molar-refractivity contribution is -0.136. The molecule has 0 radical (unpaired) electrons. The number of hydrogen-bond donors (Lipinski definition) is 0. The quantitative estimate of drug-likeness (QED) is 0.589. The van der Waals surface area contributed by atoms with Crippen molar-refractivity contribution in [2.45, 2.75) is 12.8 Å². The minimum absolute atomic E-state index is 0.112. The van der Waals surface area contributed by atoms with Gasteiger partial charge in [0.1, 0.15) is 4.60 Å². The van der Waals surface area contributed by atoms with Gasteiger partial charge >= 0.3 is 5.97 Å². The standard InChI is InChI=1S/C9H8BrNO2/c10-7-2-1-3-8(11-7)13-9(12)6-4-5-6/h1-3,6H,4-5H2. The monoisotopic (exact) mass is 241 g/mol. The van der Waals surface area contributed by atoms with Crippen molar-refractivity contribution in [3.8, 4) is 5.88 Å². The summed E-state index contributed by atoms with van der Waals surface area (Å²) in [6, 6.07) is 5.24. The van der Waals surface area contributed by atoms with Crippen molar-refractivity contribution in [2.75, 3.05) is 0 Å². The van der Waals surface area contributed by atoms with Crippen LogP contribution in [0.25, 0.3) is 0 Å². The lowest BCUT2D eigenvalue weighted by Crippen LogP contribution is -2.10. The number of carbonyl (C=O) groups is 1. The molecule has 1 aliphatic rings. The Hall–Kier alpha value is -0.900. The first-order valence-electron chi connectivity index (χ1n) is 4.10. The number of ether oxygens (including phenoxy) is 1. The van der Waals surface area contributed by atoms with Crippen LogP contribution in [-0.2, 0) is 4.79 Å². The second kappa shape index (κ2) is 3.46. The zero-order valence-electron chi connectivity index (χ0n) is 6.87. The van der Waals surface area contributed by atoms with Crippen LogP contribution in [0.15, 0.2) is 22.8 Å². The largest absolute Gasteiger partial charge is 0.407 e. The molecule has 1 saturated carbocycles. The maximum absolute atomic E-state index is 11.2. The summed E-state index contributed by atoms with van der Waals surface area (Å²) in [5.41, 5.74) is 0. The van der Waals surface area contributed by atoms with E-state index in [4.69, 9.17) is 4.74 Å². The molecule has 1 aliphatic carbocycles. The van der Waals surface area contributed by atoms with Crippen LogP contribution in [0.2, 0.25) is 0 Å². The number of hydrogen-bond acceptors (Lipinski definition) is 3. The van der Waals surface area contributed by atoms with E-state index in [2.05, 4.69) is 20.9 Å². The Morgan fingerprint density at radius 1 is 1.54 bits per heavy atom. The van der Waals surface area contributed by atoms with Crippen LogP contribution in [0.1, 0.15) is 12.8 Å². The highest BCUT2D eigenvalue weighted by molar-refractivity contribution is 9.10. The summed E-state index contributed by atoms with van der Waals surface area (Å²) >= 11 is 3.20. The smallest absolute Gasteiger partial charge is 0.315 e. The van der Waals surface area contributed by atoms with Crippen molar-refractivity contribution in [2.24, 2.45) is 5.92 Å². The first kappa shape index (κ1) is 8.69. The summed E-state index contributed by atoms with van der Waals surface area (Å²) < 4.78 is 5.71. The zero-order chi connectivity index (χ0) is 9.26. The van der Waals surface area contributed by atoms with Gasteiger partial charge in [-0.3, -0.25) is 4.79 Å². The van der Waals surface area contributed by atoms with Gasteiger partial charge in [0.2, 0.25) is 5.88 Å². The first-order chi connectivity index (χ1) is 6.25. The fourth-order valence-electron chi connectivity index (χ4n) is 0.952. The number of carbonyl (C=O) groups excluding carboxylic acids is 1. The number of nitrogens with zero attached hydrogens (tertiary/aromatic N) is 1. The fourth-order valence-corrected chi connectivity index (χ4v) is 1.28. The van der Waals surface area contributed by atoms with Crippen molar-refractivity contribution in [1.82, 2.24) is 4.98 Å². The van der Waals surface area contributed by atoms with Crippen molar-refractivity contribution in [1.29, 1.82) is 0 Å². The molecule has 0 unspecified atom stereocenters. The molecule has 0 aliphatic heterocycles. The molecule has 0 N–H and O–H groups in total. The van der Waals surface area contributed by atoms with Gasteiger partial charge in [0.05, 0.1) is 5.92 Å². The lowest BCUT2D eigenvalue weighted by Gasteiger charge is -2.01. The average molecular weight is 242 g/mol. The Balaban J connectivity index is 2.04.